The molecule has 7 heteroatoms. The lowest BCUT2D eigenvalue weighted by molar-refractivity contribution is -0.132. The van der Waals surface area contributed by atoms with E-state index in [1.165, 1.54) is 12.0 Å². The van der Waals surface area contributed by atoms with Gasteiger partial charge in [0.25, 0.3) is 11.7 Å². The van der Waals surface area contributed by atoms with Crippen molar-refractivity contribution in [3.63, 3.8) is 0 Å². The van der Waals surface area contributed by atoms with E-state index >= 15 is 0 Å². The highest BCUT2D eigenvalue weighted by Crippen LogP contribution is 2.46. The van der Waals surface area contributed by atoms with Crippen LogP contribution in [0.25, 0.3) is 5.76 Å². The number of methoxy groups -OCH3 is 2. The van der Waals surface area contributed by atoms with Gasteiger partial charge in [0.1, 0.15) is 17.3 Å². The Balaban J connectivity index is 2.00. The van der Waals surface area contributed by atoms with Crippen LogP contribution in [-0.4, -0.2) is 31.0 Å². The molecule has 4 rings (SSSR count). The number of nitrogens with zero attached hydrogens (tertiary/aromatic N) is 1. The number of halogens is 1. The molecule has 0 aliphatic carbocycles. The van der Waals surface area contributed by atoms with E-state index in [2.05, 4.69) is 15.9 Å². The van der Waals surface area contributed by atoms with Crippen LogP contribution in [0.5, 0.6) is 11.5 Å². The molecule has 6 nitrogen and oxygen atoms in total. The van der Waals surface area contributed by atoms with Gasteiger partial charge in [0.15, 0.2) is 0 Å². The normalized spacial score (nSPS) is 17.3. The Morgan fingerprint density at radius 3 is 2.33 bits per heavy atom. The van der Waals surface area contributed by atoms with Crippen molar-refractivity contribution >= 4 is 39.1 Å². The summed E-state index contributed by atoms with van der Waals surface area (Å²) in [7, 11) is 3.05. The predicted molar refractivity (Wildman–Crippen MR) is 130 cm³/mol. The highest BCUT2D eigenvalue weighted by Gasteiger charge is 2.48. The zero-order valence-electron chi connectivity index (χ0n) is 18.3. The number of ether oxygens (including phenoxy) is 2. The summed E-state index contributed by atoms with van der Waals surface area (Å²) in [5.41, 5.74) is 2.49. The first-order valence-corrected chi connectivity index (χ1v) is 11.0. The second-order valence-electron chi connectivity index (χ2n) is 7.58. The van der Waals surface area contributed by atoms with E-state index in [1.54, 1.807) is 61.7 Å². The van der Waals surface area contributed by atoms with E-state index in [0.29, 0.717) is 28.3 Å². The molecule has 1 aliphatic rings. The van der Waals surface area contributed by atoms with Gasteiger partial charge in [-0.2, -0.15) is 0 Å². The number of ketones is 1. The monoisotopic (exact) mass is 507 g/mol. The van der Waals surface area contributed by atoms with Crippen LogP contribution in [0.15, 0.2) is 76.8 Å². The maximum atomic E-state index is 13.3. The molecule has 33 heavy (non-hydrogen) atoms. The van der Waals surface area contributed by atoms with Crippen molar-refractivity contribution in [1.29, 1.82) is 0 Å². The number of aliphatic hydroxyl groups is 1. The molecule has 0 bridgehead atoms. The second-order valence-corrected chi connectivity index (χ2v) is 8.43. The molecule has 3 aromatic rings. The number of hydrogen-bond donors (Lipinski definition) is 1. The lowest BCUT2D eigenvalue weighted by atomic mass is 9.94. The van der Waals surface area contributed by atoms with Crippen LogP contribution >= 0.6 is 15.9 Å². The van der Waals surface area contributed by atoms with Crippen LogP contribution in [0.4, 0.5) is 5.69 Å². The molecule has 3 aromatic carbocycles. The molecule has 1 unspecified atom stereocenters. The van der Waals surface area contributed by atoms with Crippen LogP contribution in [0.2, 0.25) is 0 Å². The van der Waals surface area contributed by atoms with E-state index in [1.807, 2.05) is 19.1 Å². The minimum atomic E-state index is -0.902. The van der Waals surface area contributed by atoms with Crippen molar-refractivity contribution < 1.29 is 24.2 Å². The van der Waals surface area contributed by atoms with E-state index in [9.17, 15) is 14.7 Å². The molecule has 1 fully saturated rings. The number of hydrogen-bond acceptors (Lipinski definition) is 5. The molecular weight excluding hydrogens is 486 g/mol. The minimum Gasteiger partial charge on any atom is -0.507 e. The second kappa shape index (κ2) is 9.11. The number of rotatable bonds is 5. The first-order chi connectivity index (χ1) is 15.9. The number of anilines is 1. The van der Waals surface area contributed by atoms with Gasteiger partial charge < -0.3 is 14.6 Å². The topological polar surface area (TPSA) is 76.1 Å². The summed E-state index contributed by atoms with van der Waals surface area (Å²) in [6, 6.07) is 18.4. The summed E-state index contributed by atoms with van der Waals surface area (Å²) in [4.78, 5) is 28.0. The smallest absolute Gasteiger partial charge is 0.300 e. The van der Waals surface area contributed by atoms with Gasteiger partial charge in [0.05, 0.1) is 25.8 Å². The fourth-order valence-corrected chi connectivity index (χ4v) is 4.29. The van der Waals surface area contributed by atoms with Gasteiger partial charge in [-0.05, 0) is 36.8 Å². The van der Waals surface area contributed by atoms with Gasteiger partial charge in [0.2, 0.25) is 0 Å². The highest BCUT2D eigenvalue weighted by atomic mass is 79.9. The predicted octanol–water partition coefficient (Wildman–Crippen LogP) is 5.40. The molecule has 1 N–H and O–H groups in total. The van der Waals surface area contributed by atoms with Crippen LogP contribution in [-0.2, 0) is 9.59 Å². The number of benzene rings is 3. The maximum absolute atomic E-state index is 13.3. The zero-order chi connectivity index (χ0) is 23.7. The fourth-order valence-electron chi connectivity index (χ4n) is 3.92. The molecular formula is C26H22BrNO5. The summed E-state index contributed by atoms with van der Waals surface area (Å²) in [6.45, 7) is 1.93. The quantitative estimate of drug-likeness (QED) is 0.284. The minimum absolute atomic E-state index is 0.00800. The summed E-state index contributed by atoms with van der Waals surface area (Å²) in [6.07, 6.45) is 0. The number of aliphatic hydroxyl groups excluding tert-OH is 1. The van der Waals surface area contributed by atoms with Gasteiger partial charge in [-0.15, -0.1) is 0 Å². The van der Waals surface area contributed by atoms with Gasteiger partial charge in [-0.3, -0.25) is 14.5 Å². The summed E-state index contributed by atoms with van der Waals surface area (Å²) in [5, 5.41) is 11.2. The Kier molecular flexibility index (Phi) is 6.24. The molecule has 168 valence electrons. The zero-order valence-corrected chi connectivity index (χ0v) is 19.9. The molecule has 1 atom stereocenters. The lowest BCUT2D eigenvalue weighted by Crippen LogP contribution is -2.29. The van der Waals surface area contributed by atoms with Crippen LogP contribution in [0, 0.1) is 6.92 Å². The maximum Gasteiger partial charge on any atom is 0.300 e. The van der Waals surface area contributed by atoms with E-state index in [0.717, 1.165) is 10.0 Å². The summed E-state index contributed by atoms with van der Waals surface area (Å²) >= 11 is 3.51. The summed E-state index contributed by atoms with van der Waals surface area (Å²) < 4.78 is 11.7. The largest absolute Gasteiger partial charge is 0.507 e. The average molecular weight is 508 g/mol. The van der Waals surface area contributed by atoms with Gasteiger partial charge in [-0.25, -0.2) is 0 Å². The van der Waals surface area contributed by atoms with E-state index < -0.39 is 17.7 Å². The first kappa shape index (κ1) is 22.6. The Labute approximate surface area is 200 Å². The molecule has 1 aliphatic heterocycles. The van der Waals surface area contributed by atoms with Crippen molar-refractivity contribution in [1.82, 2.24) is 0 Å². The molecule has 0 radical (unpaired) electrons. The van der Waals surface area contributed by atoms with E-state index in [4.69, 9.17) is 9.47 Å². The highest BCUT2D eigenvalue weighted by molar-refractivity contribution is 9.10. The van der Waals surface area contributed by atoms with Crippen molar-refractivity contribution in [2.24, 2.45) is 0 Å². The lowest BCUT2D eigenvalue weighted by Gasteiger charge is -2.27. The summed E-state index contributed by atoms with van der Waals surface area (Å²) in [5.74, 6) is -0.752. The number of amides is 1. The molecule has 1 amide bonds. The van der Waals surface area contributed by atoms with Crippen molar-refractivity contribution in [2.45, 2.75) is 13.0 Å². The number of Topliss-reactive ketones (excluding diaryl/α,β-unsaturated/α-hetero) is 1. The Bertz CT molecular complexity index is 1270. The van der Waals surface area contributed by atoms with Crippen LogP contribution in [0.1, 0.15) is 22.7 Å². The van der Waals surface area contributed by atoms with Gasteiger partial charge in [0, 0.05) is 27.4 Å². The third kappa shape index (κ3) is 4.00. The van der Waals surface area contributed by atoms with Crippen LogP contribution < -0.4 is 14.4 Å². The van der Waals surface area contributed by atoms with E-state index in [-0.39, 0.29) is 11.3 Å². The van der Waals surface area contributed by atoms with Gasteiger partial charge in [-0.1, -0.05) is 52.3 Å². The molecule has 0 spiro atoms. The molecule has 1 heterocycles. The fraction of sp³-hybridized carbons (Fsp3) is 0.154. The Morgan fingerprint density at radius 2 is 1.70 bits per heavy atom. The van der Waals surface area contributed by atoms with Crippen molar-refractivity contribution in [3.05, 3.63) is 93.5 Å². The number of carbonyl (C=O) groups excluding carboxylic acids is 2. The number of carbonyl (C=O) groups is 2. The third-order valence-corrected chi connectivity index (χ3v) is 6.51. The molecule has 1 saturated heterocycles. The Hall–Kier alpha value is -3.58. The average Bonchev–Trinajstić information content (AvgIpc) is 3.10. The SMILES string of the molecule is COc1ccc(C2/C(=C(\O)c3ccccc3)C(=O)C(=O)N2c2ccc(C)c(Br)c2)c(OC)c1. The first-order valence-electron chi connectivity index (χ1n) is 10.2. The van der Waals surface area contributed by atoms with Gasteiger partial charge >= 0.3 is 0 Å². The van der Waals surface area contributed by atoms with Crippen molar-refractivity contribution in [2.75, 3.05) is 19.1 Å². The van der Waals surface area contributed by atoms with Crippen LogP contribution in [0.3, 0.4) is 0 Å². The standard InChI is InChI=1S/C26H22BrNO5/c1-15-9-10-17(13-20(15)27)28-23(19-12-11-18(32-2)14-21(19)33-3)22(25(30)26(28)31)24(29)16-7-5-4-6-8-16/h4-14,23,29H,1-3H3/b24-22+. The Morgan fingerprint density at radius 1 is 0.970 bits per heavy atom. The number of aryl methyl sites for hydroxylation is 1. The third-order valence-electron chi connectivity index (χ3n) is 5.66. The molecule has 0 saturated carbocycles. The molecule has 0 aromatic heterocycles. The van der Waals surface area contributed by atoms with Crippen molar-refractivity contribution in [3.8, 4) is 11.5 Å².